The largest absolute Gasteiger partial charge is 0.409 e. The average Bonchev–Trinajstić information content (AvgIpc) is 2.39. The minimum Gasteiger partial charge on any atom is -0.409 e. The lowest BCUT2D eigenvalue weighted by Crippen LogP contribution is -2.38. The van der Waals surface area contributed by atoms with Crippen molar-refractivity contribution in [2.24, 2.45) is 16.8 Å². The average molecular weight is 257 g/mol. The summed E-state index contributed by atoms with van der Waals surface area (Å²) < 4.78 is 0. The monoisotopic (exact) mass is 257 g/mol. The molecule has 0 aromatic carbocycles. The number of oxime groups is 1. The Labute approximate surface area is 110 Å². The summed E-state index contributed by atoms with van der Waals surface area (Å²) in [7, 11) is 0. The molecule has 3 N–H and O–H groups in total. The number of amidine groups is 1. The molecule has 1 atom stereocenters. The highest BCUT2D eigenvalue weighted by Crippen LogP contribution is 2.16. The third kappa shape index (κ3) is 5.89. The van der Waals surface area contributed by atoms with Gasteiger partial charge in [0.1, 0.15) is 5.84 Å². The van der Waals surface area contributed by atoms with E-state index in [-0.39, 0.29) is 17.7 Å². The van der Waals surface area contributed by atoms with E-state index in [1.54, 1.807) is 4.90 Å². The van der Waals surface area contributed by atoms with Gasteiger partial charge in [-0.1, -0.05) is 31.8 Å². The predicted octanol–water partition coefficient (Wildman–Crippen LogP) is 2.19. The Bertz CT molecular complexity index is 267. The molecule has 0 bridgehead atoms. The van der Waals surface area contributed by atoms with E-state index in [4.69, 9.17) is 10.9 Å². The molecule has 0 saturated heterocycles. The summed E-state index contributed by atoms with van der Waals surface area (Å²) in [6.07, 6.45) is 4.44. The van der Waals surface area contributed by atoms with Crippen LogP contribution >= 0.6 is 0 Å². The van der Waals surface area contributed by atoms with E-state index in [1.807, 2.05) is 6.92 Å². The lowest BCUT2D eigenvalue weighted by Gasteiger charge is -2.25. The summed E-state index contributed by atoms with van der Waals surface area (Å²) in [5, 5.41) is 11.4. The van der Waals surface area contributed by atoms with E-state index < -0.39 is 0 Å². The molecular formula is C13H27N3O2. The molecule has 5 nitrogen and oxygen atoms in total. The van der Waals surface area contributed by atoms with E-state index in [0.717, 1.165) is 25.7 Å². The quantitative estimate of drug-likeness (QED) is 0.287. The van der Waals surface area contributed by atoms with Gasteiger partial charge in [0, 0.05) is 25.4 Å². The Hall–Kier alpha value is -1.26. The van der Waals surface area contributed by atoms with Crippen LogP contribution in [-0.2, 0) is 4.79 Å². The van der Waals surface area contributed by atoms with Gasteiger partial charge in [0.15, 0.2) is 0 Å². The number of amides is 1. The van der Waals surface area contributed by atoms with Crippen molar-refractivity contribution < 1.29 is 10.0 Å². The number of nitrogens with two attached hydrogens (primary N) is 1. The molecule has 0 heterocycles. The highest BCUT2D eigenvalue weighted by Gasteiger charge is 2.21. The summed E-state index contributed by atoms with van der Waals surface area (Å²) in [5.74, 6) is 0.472. The molecule has 0 aromatic rings. The maximum atomic E-state index is 12.3. The first-order valence-corrected chi connectivity index (χ1v) is 6.85. The lowest BCUT2D eigenvalue weighted by atomic mass is 9.97. The van der Waals surface area contributed by atoms with Crippen LogP contribution in [0.15, 0.2) is 5.16 Å². The maximum Gasteiger partial charge on any atom is 0.225 e. The Kier molecular flexibility index (Phi) is 9.06. The summed E-state index contributed by atoms with van der Waals surface area (Å²) in [5.41, 5.74) is 5.43. The standard InChI is InChI=1S/C13H27N3O2/c1-4-7-8-11(5-2)13(17)16(6-3)10-9-12(14)15-18/h11,18H,4-10H2,1-3H3,(H2,14,15). The highest BCUT2D eigenvalue weighted by atomic mass is 16.4. The fourth-order valence-electron chi connectivity index (χ4n) is 1.93. The minimum absolute atomic E-state index is 0.109. The van der Waals surface area contributed by atoms with Crippen LogP contribution in [0.4, 0.5) is 0 Å². The van der Waals surface area contributed by atoms with Gasteiger partial charge in [-0.05, 0) is 19.8 Å². The van der Waals surface area contributed by atoms with Crippen molar-refractivity contribution in [3.63, 3.8) is 0 Å². The molecular weight excluding hydrogens is 230 g/mol. The van der Waals surface area contributed by atoms with Crippen LogP contribution in [0.2, 0.25) is 0 Å². The van der Waals surface area contributed by atoms with E-state index in [1.165, 1.54) is 0 Å². The molecule has 0 rings (SSSR count). The molecule has 0 saturated carbocycles. The van der Waals surface area contributed by atoms with Crippen LogP contribution in [0.5, 0.6) is 0 Å². The fraction of sp³-hybridized carbons (Fsp3) is 0.846. The SMILES string of the molecule is CCCCC(CC)C(=O)N(CC)CC/C(N)=N/O. The van der Waals surface area contributed by atoms with Crippen LogP contribution in [0, 0.1) is 5.92 Å². The number of hydrogen-bond donors (Lipinski definition) is 2. The zero-order valence-electron chi connectivity index (χ0n) is 11.9. The number of hydrogen-bond acceptors (Lipinski definition) is 3. The van der Waals surface area contributed by atoms with Crippen LogP contribution in [0.1, 0.15) is 52.9 Å². The van der Waals surface area contributed by atoms with Crippen LogP contribution in [-0.4, -0.2) is 34.9 Å². The first-order valence-electron chi connectivity index (χ1n) is 6.85. The van der Waals surface area contributed by atoms with Crippen molar-refractivity contribution >= 4 is 11.7 Å². The number of unbranched alkanes of at least 4 members (excludes halogenated alkanes) is 1. The smallest absolute Gasteiger partial charge is 0.225 e. The molecule has 0 radical (unpaired) electrons. The van der Waals surface area contributed by atoms with Gasteiger partial charge in [-0.2, -0.15) is 0 Å². The number of rotatable bonds is 9. The predicted molar refractivity (Wildman–Crippen MR) is 73.6 cm³/mol. The van der Waals surface area contributed by atoms with Gasteiger partial charge in [0.2, 0.25) is 5.91 Å². The van der Waals surface area contributed by atoms with Crippen molar-refractivity contribution in [1.29, 1.82) is 0 Å². The molecule has 1 amide bonds. The number of nitrogens with zero attached hydrogens (tertiary/aromatic N) is 2. The molecule has 106 valence electrons. The molecule has 0 fully saturated rings. The Morgan fingerprint density at radius 3 is 2.50 bits per heavy atom. The van der Waals surface area contributed by atoms with Gasteiger partial charge >= 0.3 is 0 Å². The number of carbonyl (C=O) groups excluding carboxylic acids is 1. The molecule has 0 aliphatic heterocycles. The minimum atomic E-state index is 0.109. The van der Waals surface area contributed by atoms with Crippen molar-refractivity contribution in [3.05, 3.63) is 0 Å². The van der Waals surface area contributed by atoms with Gasteiger partial charge in [0.25, 0.3) is 0 Å². The summed E-state index contributed by atoms with van der Waals surface area (Å²) in [6.45, 7) is 7.33. The molecule has 0 aliphatic carbocycles. The zero-order valence-corrected chi connectivity index (χ0v) is 11.9. The van der Waals surface area contributed by atoms with Gasteiger partial charge in [-0.3, -0.25) is 4.79 Å². The van der Waals surface area contributed by atoms with Gasteiger partial charge in [-0.25, -0.2) is 0 Å². The number of carbonyl (C=O) groups is 1. The van der Waals surface area contributed by atoms with Crippen molar-refractivity contribution in [2.75, 3.05) is 13.1 Å². The lowest BCUT2D eigenvalue weighted by molar-refractivity contribution is -0.135. The van der Waals surface area contributed by atoms with Crippen molar-refractivity contribution in [1.82, 2.24) is 4.90 Å². The van der Waals surface area contributed by atoms with Crippen molar-refractivity contribution in [2.45, 2.75) is 52.9 Å². The summed E-state index contributed by atoms with van der Waals surface area (Å²) in [4.78, 5) is 14.1. The zero-order chi connectivity index (χ0) is 14.0. The molecule has 0 spiro atoms. The van der Waals surface area contributed by atoms with Gasteiger partial charge in [-0.15, -0.1) is 0 Å². The Balaban J connectivity index is 4.38. The first-order chi connectivity index (χ1) is 8.60. The maximum absolute atomic E-state index is 12.3. The van der Waals surface area contributed by atoms with E-state index in [2.05, 4.69) is 19.0 Å². The van der Waals surface area contributed by atoms with Gasteiger partial charge < -0.3 is 15.8 Å². The summed E-state index contributed by atoms with van der Waals surface area (Å²) in [6, 6.07) is 0. The molecule has 18 heavy (non-hydrogen) atoms. The van der Waals surface area contributed by atoms with Gasteiger partial charge in [0.05, 0.1) is 0 Å². The fourth-order valence-corrected chi connectivity index (χ4v) is 1.93. The third-order valence-corrected chi connectivity index (χ3v) is 3.21. The molecule has 0 aromatic heterocycles. The summed E-state index contributed by atoms with van der Waals surface area (Å²) >= 11 is 0. The Morgan fingerprint density at radius 2 is 2.06 bits per heavy atom. The molecule has 1 unspecified atom stereocenters. The second-order valence-electron chi connectivity index (χ2n) is 4.51. The van der Waals surface area contributed by atoms with E-state index >= 15 is 0 Å². The second kappa shape index (κ2) is 9.74. The van der Waals surface area contributed by atoms with E-state index in [9.17, 15) is 4.79 Å². The van der Waals surface area contributed by atoms with Crippen molar-refractivity contribution in [3.8, 4) is 0 Å². The van der Waals surface area contributed by atoms with E-state index in [0.29, 0.717) is 19.5 Å². The normalized spacial score (nSPS) is 13.4. The topological polar surface area (TPSA) is 78.9 Å². The highest BCUT2D eigenvalue weighted by molar-refractivity contribution is 5.82. The third-order valence-electron chi connectivity index (χ3n) is 3.21. The second-order valence-corrected chi connectivity index (χ2v) is 4.51. The molecule has 5 heteroatoms. The Morgan fingerprint density at radius 1 is 1.39 bits per heavy atom. The first kappa shape index (κ1) is 16.7. The molecule has 0 aliphatic rings. The van der Waals surface area contributed by atoms with Crippen LogP contribution in [0.25, 0.3) is 0 Å². The van der Waals surface area contributed by atoms with Crippen LogP contribution < -0.4 is 5.73 Å². The van der Waals surface area contributed by atoms with Crippen LogP contribution in [0.3, 0.4) is 0 Å².